The van der Waals surface area contributed by atoms with Gasteiger partial charge in [0.05, 0.1) is 24.5 Å². The maximum atomic E-state index is 12.5. The number of nitrogens with zero attached hydrogens (tertiary/aromatic N) is 1. The Morgan fingerprint density at radius 1 is 1.45 bits per heavy atom. The minimum atomic E-state index is -0.934. The number of nitrogens with one attached hydrogen (secondary N) is 2. The largest absolute Gasteiger partial charge is 0.491 e. The third kappa shape index (κ3) is 2.22. The van der Waals surface area contributed by atoms with Crippen LogP contribution in [0.15, 0.2) is 24.4 Å². The summed E-state index contributed by atoms with van der Waals surface area (Å²) in [5.41, 5.74) is 4.32. The zero-order valence-electron chi connectivity index (χ0n) is 12.0. The Morgan fingerprint density at radius 3 is 3.27 bits per heavy atom. The highest BCUT2D eigenvalue weighted by molar-refractivity contribution is 6.61. The van der Waals surface area contributed by atoms with Gasteiger partial charge in [-0.3, -0.25) is 9.89 Å². The minimum absolute atomic E-state index is 0.0341. The number of hydrogen-bond acceptors (Lipinski definition) is 4. The first-order chi connectivity index (χ1) is 10.7. The van der Waals surface area contributed by atoms with Crippen molar-refractivity contribution in [2.75, 3.05) is 0 Å². The van der Waals surface area contributed by atoms with Crippen molar-refractivity contribution in [3.8, 4) is 0 Å². The predicted octanol–water partition coefficient (Wildman–Crippen LogP) is 0.435. The number of amides is 1. The molecule has 0 saturated heterocycles. The van der Waals surface area contributed by atoms with E-state index in [0.29, 0.717) is 17.6 Å². The highest BCUT2D eigenvalue weighted by Gasteiger charge is 2.29. The van der Waals surface area contributed by atoms with E-state index >= 15 is 0 Å². The van der Waals surface area contributed by atoms with Gasteiger partial charge in [-0.15, -0.1) is 0 Å². The summed E-state index contributed by atoms with van der Waals surface area (Å²) in [5, 5.41) is 19.8. The SMILES string of the molecule is O=C(NC1CCCc2cn[nH]c21)c1ccc2c(c1)B(O)OC2. The maximum Gasteiger partial charge on any atom is 0.491 e. The van der Waals surface area contributed by atoms with E-state index in [4.69, 9.17) is 4.65 Å². The fourth-order valence-corrected chi connectivity index (χ4v) is 3.20. The second-order valence-corrected chi connectivity index (χ2v) is 5.80. The van der Waals surface area contributed by atoms with Crippen LogP contribution in [0, 0.1) is 0 Å². The van der Waals surface area contributed by atoms with Gasteiger partial charge in [0.15, 0.2) is 0 Å². The molecular formula is C15H16BN3O3. The zero-order chi connectivity index (χ0) is 15.1. The number of fused-ring (bicyclic) bond motifs is 2. The first-order valence-electron chi connectivity index (χ1n) is 7.48. The number of H-pyrrole nitrogens is 1. The number of carbonyl (C=O) groups excluding carboxylic acids is 1. The van der Waals surface area contributed by atoms with Gasteiger partial charge in [-0.25, -0.2) is 0 Å². The Labute approximate surface area is 128 Å². The van der Waals surface area contributed by atoms with E-state index < -0.39 is 7.12 Å². The van der Waals surface area contributed by atoms with Gasteiger partial charge < -0.3 is 15.0 Å². The molecule has 1 amide bonds. The van der Waals surface area contributed by atoms with E-state index in [1.165, 1.54) is 5.56 Å². The topological polar surface area (TPSA) is 87.2 Å². The molecule has 2 aliphatic rings. The number of carbonyl (C=O) groups is 1. The summed E-state index contributed by atoms with van der Waals surface area (Å²) in [7, 11) is -0.934. The number of hydrogen-bond donors (Lipinski definition) is 3. The molecule has 1 unspecified atom stereocenters. The summed E-state index contributed by atoms with van der Waals surface area (Å²) in [5.74, 6) is -0.144. The van der Waals surface area contributed by atoms with E-state index in [1.807, 2.05) is 12.3 Å². The van der Waals surface area contributed by atoms with E-state index in [0.717, 1.165) is 30.5 Å². The van der Waals surface area contributed by atoms with Crippen LogP contribution in [0.25, 0.3) is 0 Å². The molecule has 112 valence electrons. The average Bonchev–Trinajstić information content (AvgIpc) is 3.15. The van der Waals surface area contributed by atoms with Gasteiger partial charge in [-0.05, 0) is 48.0 Å². The molecule has 2 aromatic rings. The number of aromatic amines is 1. The van der Waals surface area contributed by atoms with Gasteiger partial charge in [-0.1, -0.05) is 6.07 Å². The van der Waals surface area contributed by atoms with Gasteiger partial charge in [0.25, 0.3) is 5.91 Å². The lowest BCUT2D eigenvalue weighted by atomic mass is 9.78. The Hall–Kier alpha value is -2.12. The van der Waals surface area contributed by atoms with Crippen molar-refractivity contribution in [3.63, 3.8) is 0 Å². The summed E-state index contributed by atoms with van der Waals surface area (Å²) in [6.45, 7) is 0.387. The van der Waals surface area contributed by atoms with Crippen molar-refractivity contribution in [2.24, 2.45) is 0 Å². The summed E-state index contributed by atoms with van der Waals surface area (Å²) in [6.07, 6.45) is 4.77. The van der Waals surface area contributed by atoms with E-state index in [-0.39, 0.29) is 11.9 Å². The predicted molar refractivity (Wildman–Crippen MR) is 80.6 cm³/mol. The van der Waals surface area contributed by atoms with Crippen LogP contribution in [0.2, 0.25) is 0 Å². The van der Waals surface area contributed by atoms with Crippen LogP contribution in [0.5, 0.6) is 0 Å². The van der Waals surface area contributed by atoms with Gasteiger partial charge in [0.1, 0.15) is 0 Å². The van der Waals surface area contributed by atoms with Crippen LogP contribution in [0.4, 0.5) is 0 Å². The lowest BCUT2D eigenvalue weighted by Gasteiger charge is -2.23. The molecule has 1 aromatic carbocycles. The molecule has 0 spiro atoms. The Balaban J connectivity index is 1.55. The zero-order valence-corrected chi connectivity index (χ0v) is 12.0. The maximum absolute atomic E-state index is 12.5. The molecular weight excluding hydrogens is 281 g/mol. The molecule has 0 radical (unpaired) electrons. The molecule has 6 nitrogen and oxygen atoms in total. The van der Waals surface area contributed by atoms with Crippen molar-refractivity contribution in [1.29, 1.82) is 0 Å². The molecule has 1 atom stereocenters. The lowest BCUT2D eigenvalue weighted by molar-refractivity contribution is 0.0932. The quantitative estimate of drug-likeness (QED) is 0.702. The number of rotatable bonds is 2. The van der Waals surface area contributed by atoms with Gasteiger partial charge >= 0.3 is 7.12 Å². The van der Waals surface area contributed by atoms with Crippen LogP contribution in [0.1, 0.15) is 46.1 Å². The number of aromatic nitrogens is 2. The molecule has 22 heavy (non-hydrogen) atoms. The molecule has 1 aliphatic heterocycles. The van der Waals surface area contributed by atoms with E-state index in [2.05, 4.69) is 15.5 Å². The van der Waals surface area contributed by atoms with Crippen molar-refractivity contribution >= 4 is 18.5 Å². The molecule has 2 heterocycles. The molecule has 1 aromatic heterocycles. The standard InChI is InChI=1S/C15H16BN3O3/c20-15(9-4-5-11-8-22-16(21)12(11)6-9)18-13-3-1-2-10-7-17-19-14(10)13/h4-7,13,21H,1-3,8H2,(H,17,19)(H,18,20). The number of benzene rings is 1. The Bertz CT molecular complexity index is 731. The molecule has 1 aliphatic carbocycles. The molecule has 0 saturated carbocycles. The van der Waals surface area contributed by atoms with Crippen LogP contribution < -0.4 is 10.8 Å². The second kappa shape index (κ2) is 5.26. The minimum Gasteiger partial charge on any atom is -0.423 e. The van der Waals surface area contributed by atoms with E-state index in [1.54, 1.807) is 12.1 Å². The van der Waals surface area contributed by atoms with Crippen molar-refractivity contribution in [3.05, 3.63) is 46.8 Å². The number of aryl methyl sites for hydroxylation is 1. The van der Waals surface area contributed by atoms with Crippen molar-refractivity contribution < 1.29 is 14.5 Å². The average molecular weight is 297 g/mol. The normalized spacial score (nSPS) is 19.7. The van der Waals surface area contributed by atoms with E-state index in [9.17, 15) is 9.82 Å². The van der Waals surface area contributed by atoms with Crippen LogP contribution in [-0.4, -0.2) is 28.2 Å². The van der Waals surface area contributed by atoms with Crippen LogP contribution in [-0.2, 0) is 17.7 Å². The summed E-state index contributed by atoms with van der Waals surface area (Å²) in [6, 6.07) is 5.28. The van der Waals surface area contributed by atoms with Crippen molar-refractivity contribution in [1.82, 2.24) is 15.5 Å². The van der Waals surface area contributed by atoms with Crippen LogP contribution in [0.3, 0.4) is 0 Å². The van der Waals surface area contributed by atoms with Gasteiger partial charge in [-0.2, -0.15) is 5.10 Å². The molecule has 0 fully saturated rings. The smallest absolute Gasteiger partial charge is 0.423 e. The molecule has 7 heteroatoms. The summed E-state index contributed by atoms with van der Waals surface area (Å²) in [4.78, 5) is 12.5. The first kappa shape index (κ1) is 13.5. The third-order valence-electron chi connectivity index (χ3n) is 4.41. The van der Waals surface area contributed by atoms with Gasteiger partial charge in [0.2, 0.25) is 0 Å². The monoisotopic (exact) mass is 297 g/mol. The Kier molecular flexibility index (Phi) is 3.24. The molecule has 0 bridgehead atoms. The molecule has 4 rings (SSSR count). The highest BCUT2D eigenvalue weighted by Crippen LogP contribution is 2.27. The first-order valence-corrected chi connectivity index (χ1v) is 7.48. The molecule has 3 N–H and O–H groups in total. The second-order valence-electron chi connectivity index (χ2n) is 5.80. The fourth-order valence-electron chi connectivity index (χ4n) is 3.20. The summed E-state index contributed by atoms with van der Waals surface area (Å²) >= 11 is 0. The summed E-state index contributed by atoms with van der Waals surface area (Å²) < 4.78 is 5.15. The van der Waals surface area contributed by atoms with Crippen LogP contribution >= 0.6 is 0 Å². The van der Waals surface area contributed by atoms with Gasteiger partial charge in [0, 0.05) is 5.56 Å². The Morgan fingerprint density at radius 2 is 2.36 bits per heavy atom. The highest BCUT2D eigenvalue weighted by atomic mass is 16.5. The lowest BCUT2D eigenvalue weighted by Crippen LogP contribution is -2.33. The third-order valence-corrected chi connectivity index (χ3v) is 4.41. The fraction of sp³-hybridized carbons (Fsp3) is 0.333. The van der Waals surface area contributed by atoms with Crippen molar-refractivity contribution in [2.45, 2.75) is 31.9 Å².